The molecule has 0 rings (SSSR count). The Morgan fingerprint density at radius 2 is 1.50 bits per heavy atom. The van der Waals surface area contributed by atoms with E-state index in [1.807, 2.05) is 6.92 Å². The van der Waals surface area contributed by atoms with Gasteiger partial charge in [-0.1, -0.05) is 13.8 Å². The molecule has 0 saturated carbocycles. The SMILES string of the molecule is CCCO.CCCO[Si](O)(O)O. The Morgan fingerprint density at radius 1 is 1.08 bits per heavy atom. The second-order valence-corrected chi connectivity index (χ2v) is 3.58. The average Bonchev–Trinajstić information content (AvgIpc) is 2.00. The highest BCUT2D eigenvalue weighted by atomic mass is 28.4. The predicted octanol–water partition coefficient (Wildman–Crippen LogP) is -0.786. The first kappa shape index (κ1) is 14.5. The fourth-order valence-corrected chi connectivity index (χ4v) is 0.717. The number of rotatable bonds is 4. The summed E-state index contributed by atoms with van der Waals surface area (Å²) >= 11 is 0. The Bertz CT molecular complexity index is 80.5. The molecule has 0 aromatic carbocycles. The standard InChI is InChI=1S/C3H10O4Si.C3H8O/c1-2-3-7-8(4,5)6;1-2-3-4/h4-6H,2-3H2,1H3;4H,2-3H2,1H3. The molecule has 12 heavy (non-hydrogen) atoms. The largest absolute Gasteiger partial charge is 0.671 e. The highest BCUT2D eigenvalue weighted by Gasteiger charge is 2.29. The zero-order valence-corrected chi connectivity index (χ0v) is 8.53. The van der Waals surface area contributed by atoms with E-state index in [-0.39, 0.29) is 6.61 Å². The molecule has 0 bridgehead atoms. The Morgan fingerprint density at radius 3 is 1.58 bits per heavy atom. The molecule has 0 saturated heterocycles. The normalized spacial score (nSPS) is 10.5. The van der Waals surface area contributed by atoms with Crippen molar-refractivity contribution in [1.82, 2.24) is 0 Å². The molecule has 0 atom stereocenters. The van der Waals surface area contributed by atoms with Crippen LogP contribution in [0.3, 0.4) is 0 Å². The molecular weight excluding hydrogens is 180 g/mol. The van der Waals surface area contributed by atoms with Crippen LogP contribution in [0.5, 0.6) is 0 Å². The van der Waals surface area contributed by atoms with Gasteiger partial charge >= 0.3 is 9.05 Å². The molecule has 0 aliphatic heterocycles. The third-order valence-electron chi connectivity index (χ3n) is 0.723. The van der Waals surface area contributed by atoms with Crippen LogP contribution in [-0.4, -0.2) is 41.8 Å². The van der Waals surface area contributed by atoms with Crippen molar-refractivity contribution in [3.05, 3.63) is 0 Å². The van der Waals surface area contributed by atoms with Crippen LogP contribution in [0.2, 0.25) is 0 Å². The summed E-state index contributed by atoms with van der Waals surface area (Å²) in [6, 6.07) is 0. The lowest BCUT2D eigenvalue weighted by molar-refractivity contribution is 0.0636. The van der Waals surface area contributed by atoms with Gasteiger partial charge in [0.1, 0.15) is 0 Å². The summed E-state index contributed by atoms with van der Waals surface area (Å²) in [5.41, 5.74) is 0. The van der Waals surface area contributed by atoms with Crippen molar-refractivity contribution in [3.8, 4) is 0 Å². The first-order valence-corrected chi connectivity index (χ1v) is 5.64. The highest BCUT2D eigenvalue weighted by molar-refractivity contribution is 6.48. The van der Waals surface area contributed by atoms with E-state index in [9.17, 15) is 0 Å². The fourth-order valence-electron chi connectivity index (χ4n) is 0.239. The highest BCUT2D eigenvalue weighted by Crippen LogP contribution is 1.89. The third kappa shape index (κ3) is 22.5. The molecule has 4 N–H and O–H groups in total. The minimum atomic E-state index is -4.18. The summed E-state index contributed by atoms with van der Waals surface area (Å²) in [5, 5.41) is 7.88. The van der Waals surface area contributed by atoms with Crippen LogP contribution in [0.4, 0.5) is 0 Å². The summed E-state index contributed by atoms with van der Waals surface area (Å²) in [7, 11) is -4.18. The van der Waals surface area contributed by atoms with Gasteiger partial charge in [0.25, 0.3) is 0 Å². The van der Waals surface area contributed by atoms with Gasteiger partial charge in [0.05, 0.1) is 0 Å². The Balaban J connectivity index is 0. The van der Waals surface area contributed by atoms with Gasteiger partial charge in [0.2, 0.25) is 0 Å². The van der Waals surface area contributed by atoms with Crippen molar-refractivity contribution in [2.75, 3.05) is 13.2 Å². The van der Waals surface area contributed by atoms with Crippen LogP contribution >= 0.6 is 0 Å². The number of aliphatic hydroxyl groups is 1. The van der Waals surface area contributed by atoms with Gasteiger partial charge in [0, 0.05) is 13.2 Å². The maximum atomic E-state index is 8.18. The maximum Gasteiger partial charge on any atom is 0.671 e. The van der Waals surface area contributed by atoms with Crippen LogP contribution in [0.1, 0.15) is 26.7 Å². The van der Waals surface area contributed by atoms with Gasteiger partial charge in [-0.25, -0.2) is 0 Å². The smallest absolute Gasteiger partial charge is 0.396 e. The first-order chi connectivity index (χ1) is 5.47. The van der Waals surface area contributed by atoms with Crippen LogP contribution in [0.15, 0.2) is 0 Å². The quantitative estimate of drug-likeness (QED) is 0.445. The second-order valence-electron chi connectivity index (χ2n) is 2.15. The van der Waals surface area contributed by atoms with Crippen molar-refractivity contribution in [2.45, 2.75) is 26.7 Å². The predicted molar refractivity (Wildman–Crippen MR) is 46.0 cm³/mol. The molecule has 5 nitrogen and oxygen atoms in total. The van der Waals surface area contributed by atoms with E-state index in [2.05, 4.69) is 4.43 Å². The summed E-state index contributed by atoms with van der Waals surface area (Å²) in [4.78, 5) is 24.5. The van der Waals surface area contributed by atoms with Gasteiger partial charge in [-0.15, -0.1) is 0 Å². The molecule has 0 aliphatic rings. The van der Waals surface area contributed by atoms with Crippen LogP contribution in [-0.2, 0) is 4.43 Å². The summed E-state index contributed by atoms with van der Waals surface area (Å²) in [6.45, 7) is 4.25. The van der Waals surface area contributed by atoms with E-state index < -0.39 is 9.05 Å². The van der Waals surface area contributed by atoms with E-state index in [1.54, 1.807) is 6.92 Å². The van der Waals surface area contributed by atoms with Crippen LogP contribution in [0.25, 0.3) is 0 Å². The molecular formula is C6H18O5Si. The van der Waals surface area contributed by atoms with Gasteiger partial charge in [-0.3, -0.25) is 0 Å². The summed E-state index contributed by atoms with van der Waals surface area (Å²) in [5.74, 6) is 0. The molecule has 0 aromatic heterocycles. The first-order valence-electron chi connectivity index (χ1n) is 3.89. The summed E-state index contributed by atoms with van der Waals surface area (Å²) in [6.07, 6.45) is 1.54. The van der Waals surface area contributed by atoms with Crippen molar-refractivity contribution in [3.63, 3.8) is 0 Å². The Hall–Kier alpha value is 0.0169. The van der Waals surface area contributed by atoms with Gasteiger partial charge in [-0.2, -0.15) is 0 Å². The molecule has 0 aliphatic carbocycles. The van der Waals surface area contributed by atoms with E-state index in [0.29, 0.717) is 13.0 Å². The van der Waals surface area contributed by atoms with Crippen molar-refractivity contribution < 1.29 is 23.9 Å². The fraction of sp³-hybridized carbons (Fsp3) is 1.00. The molecule has 0 heterocycles. The zero-order chi connectivity index (χ0) is 10.0. The molecule has 0 amide bonds. The lowest BCUT2D eigenvalue weighted by Gasteiger charge is -2.07. The lowest BCUT2D eigenvalue weighted by Crippen LogP contribution is -2.39. The zero-order valence-electron chi connectivity index (χ0n) is 7.53. The molecule has 0 aromatic rings. The second kappa shape index (κ2) is 9.11. The van der Waals surface area contributed by atoms with E-state index in [0.717, 1.165) is 6.42 Å². The minimum Gasteiger partial charge on any atom is -0.396 e. The number of aliphatic hydroxyl groups excluding tert-OH is 1. The monoisotopic (exact) mass is 198 g/mol. The maximum absolute atomic E-state index is 8.18. The number of hydrogen-bond acceptors (Lipinski definition) is 5. The van der Waals surface area contributed by atoms with Gasteiger partial charge < -0.3 is 23.9 Å². The lowest BCUT2D eigenvalue weighted by atomic mass is 10.5. The van der Waals surface area contributed by atoms with Crippen LogP contribution in [0, 0.1) is 0 Å². The molecule has 0 fully saturated rings. The Labute approximate surface area is 73.7 Å². The molecule has 0 radical (unpaired) electrons. The average molecular weight is 198 g/mol. The van der Waals surface area contributed by atoms with E-state index >= 15 is 0 Å². The third-order valence-corrected chi connectivity index (χ3v) is 1.31. The summed E-state index contributed by atoms with van der Waals surface area (Å²) < 4.78 is 4.18. The molecule has 0 spiro atoms. The topological polar surface area (TPSA) is 90.2 Å². The number of hydrogen-bond donors (Lipinski definition) is 4. The van der Waals surface area contributed by atoms with Gasteiger partial charge in [0.15, 0.2) is 0 Å². The molecule has 0 unspecified atom stereocenters. The van der Waals surface area contributed by atoms with Crippen molar-refractivity contribution >= 4 is 9.05 Å². The van der Waals surface area contributed by atoms with E-state index in [4.69, 9.17) is 19.5 Å². The Kier molecular flexibility index (Phi) is 11.0. The van der Waals surface area contributed by atoms with Gasteiger partial charge in [-0.05, 0) is 12.8 Å². The van der Waals surface area contributed by atoms with Crippen molar-refractivity contribution in [1.29, 1.82) is 0 Å². The van der Waals surface area contributed by atoms with Crippen molar-refractivity contribution in [2.24, 2.45) is 0 Å². The van der Waals surface area contributed by atoms with E-state index in [1.165, 1.54) is 0 Å². The minimum absolute atomic E-state index is 0.190. The van der Waals surface area contributed by atoms with Crippen LogP contribution < -0.4 is 0 Å². The molecule has 76 valence electrons. The molecule has 6 heteroatoms.